The van der Waals surface area contributed by atoms with Crippen LogP contribution >= 0.6 is 22.9 Å². The Morgan fingerprint density at radius 1 is 1.24 bits per heavy atom. The summed E-state index contributed by atoms with van der Waals surface area (Å²) in [5.41, 5.74) is 2.52. The van der Waals surface area contributed by atoms with Gasteiger partial charge in [-0.3, -0.25) is 0 Å². The molecule has 0 bridgehead atoms. The van der Waals surface area contributed by atoms with Crippen LogP contribution in [0, 0.1) is 0 Å². The van der Waals surface area contributed by atoms with E-state index >= 15 is 0 Å². The highest BCUT2D eigenvalue weighted by Crippen LogP contribution is 2.28. The Balaban J connectivity index is 1.86. The van der Waals surface area contributed by atoms with Gasteiger partial charge >= 0.3 is 0 Å². The van der Waals surface area contributed by atoms with Gasteiger partial charge in [0, 0.05) is 11.8 Å². The third-order valence-corrected chi connectivity index (χ3v) is 5.07. The smallest absolute Gasteiger partial charge is 0.119 e. The molecule has 1 heterocycles. The van der Waals surface area contributed by atoms with Gasteiger partial charge in [-0.15, -0.1) is 22.9 Å². The SMILES string of the molecule is CCC(C)(C)c1ccc(OCCc2nc(CCl)cs2)cc1. The Kier molecular flexibility index (Phi) is 5.65. The van der Waals surface area contributed by atoms with E-state index in [1.807, 2.05) is 5.38 Å². The molecule has 1 aromatic heterocycles. The second-order valence-corrected chi connectivity index (χ2v) is 6.94. The lowest BCUT2D eigenvalue weighted by atomic mass is 9.82. The average Bonchev–Trinajstić information content (AvgIpc) is 2.96. The van der Waals surface area contributed by atoms with E-state index in [2.05, 4.69) is 50.0 Å². The standard InChI is InChI=1S/C17H22ClNOS/c1-4-17(2,3)13-5-7-15(8-6-13)20-10-9-16-19-14(11-18)12-21-16/h5-8,12H,4,9-11H2,1-3H3. The second kappa shape index (κ2) is 7.28. The van der Waals surface area contributed by atoms with Crippen LogP contribution in [0.15, 0.2) is 29.6 Å². The third kappa shape index (κ3) is 4.45. The largest absolute Gasteiger partial charge is 0.493 e. The first-order chi connectivity index (χ1) is 10.0. The van der Waals surface area contributed by atoms with Crippen LogP contribution in [0.25, 0.3) is 0 Å². The van der Waals surface area contributed by atoms with Gasteiger partial charge in [-0.25, -0.2) is 4.98 Å². The van der Waals surface area contributed by atoms with Crippen LogP contribution in [-0.2, 0) is 17.7 Å². The molecule has 4 heteroatoms. The molecule has 0 unspecified atom stereocenters. The quantitative estimate of drug-likeness (QED) is 0.654. The van der Waals surface area contributed by atoms with E-state index in [0.29, 0.717) is 12.5 Å². The summed E-state index contributed by atoms with van der Waals surface area (Å²) in [5.74, 6) is 1.39. The Morgan fingerprint density at radius 2 is 1.95 bits per heavy atom. The Labute approximate surface area is 136 Å². The minimum absolute atomic E-state index is 0.220. The summed E-state index contributed by atoms with van der Waals surface area (Å²) >= 11 is 7.39. The predicted octanol–water partition coefficient (Wildman–Crippen LogP) is 5.19. The maximum atomic E-state index is 5.79. The number of benzene rings is 1. The number of halogens is 1. The fraction of sp³-hybridized carbons (Fsp3) is 0.471. The van der Waals surface area contributed by atoms with Gasteiger partial charge in [-0.1, -0.05) is 32.9 Å². The molecule has 2 aromatic rings. The number of alkyl halides is 1. The molecule has 0 spiro atoms. The Morgan fingerprint density at radius 3 is 2.52 bits per heavy atom. The fourth-order valence-electron chi connectivity index (χ4n) is 1.99. The van der Waals surface area contributed by atoms with Crippen molar-refractivity contribution in [1.29, 1.82) is 0 Å². The number of ether oxygens (including phenoxy) is 1. The van der Waals surface area contributed by atoms with Gasteiger partial charge in [0.25, 0.3) is 0 Å². The summed E-state index contributed by atoms with van der Waals surface area (Å²) in [6, 6.07) is 8.43. The van der Waals surface area contributed by atoms with Gasteiger partial charge in [0.15, 0.2) is 0 Å². The Hall–Kier alpha value is -1.06. The number of rotatable bonds is 7. The maximum Gasteiger partial charge on any atom is 0.119 e. The number of hydrogen-bond acceptors (Lipinski definition) is 3. The first-order valence-corrected chi connectivity index (χ1v) is 8.69. The summed E-state index contributed by atoms with van der Waals surface area (Å²) in [7, 11) is 0. The minimum atomic E-state index is 0.220. The molecule has 0 amide bonds. The van der Waals surface area contributed by atoms with Gasteiger partial charge < -0.3 is 4.74 Å². The van der Waals surface area contributed by atoms with Crippen molar-refractivity contribution in [3.63, 3.8) is 0 Å². The molecule has 2 rings (SSSR count). The monoisotopic (exact) mass is 323 g/mol. The van der Waals surface area contributed by atoms with Crippen molar-refractivity contribution in [3.05, 3.63) is 45.9 Å². The van der Waals surface area contributed by atoms with Gasteiger partial charge in [-0.2, -0.15) is 0 Å². The van der Waals surface area contributed by atoms with Crippen LogP contribution in [0.4, 0.5) is 0 Å². The van der Waals surface area contributed by atoms with E-state index in [1.165, 1.54) is 5.56 Å². The highest BCUT2D eigenvalue weighted by molar-refractivity contribution is 7.09. The molecule has 0 atom stereocenters. The van der Waals surface area contributed by atoms with Crippen LogP contribution in [0.3, 0.4) is 0 Å². The highest BCUT2D eigenvalue weighted by Gasteiger charge is 2.17. The molecule has 0 fully saturated rings. The molecule has 1 aromatic carbocycles. The zero-order valence-corrected chi connectivity index (χ0v) is 14.4. The summed E-state index contributed by atoms with van der Waals surface area (Å²) in [4.78, 5) is 4.42. The molecular weight excluding hydrogens is 302 g/mol. The van der Waals surface area contributed by atoms with Crippen LogP contribution in [0.2, 0.25) is 0 Å². The summed E-state index contributed by atoms with van der Waals surface area (Å²) in [6.45, 7) is 7.39. The molecule has 0 aliphatic carbocycles. The van der Waals surface area contributed by atoms with E-state index in [0.717, 1.165) is 29.3 Å². The number of nitrogens with zero attached hydrogens (tertiary/aromatic N) is 1. The zero-order chi connectivity index (χ0) is 15.3. The van der Waals surface area contributed by atoms with E-state index in [4.69, 9.17) is 16.3 Å². The molecular formula is C17H22ClNOS. The van der Waals surface area contributed by atoms with Crippen molar-refractivity contribution in [2.45, 2.75) is 44.9 Å². The zero-order valence-electron chi connectivity index (χ0n) is 12.9. The fourth-order valence-corrected chi connectivity index (χ4v) is 3.00. The van der Waals surface area contributed by atoms with Crippen molar-refractivity contribution in [2.75, 3.05) is 6.61 Å². The van der Waals surface area contributed by atoms with Crippen molar-refractivity contribution in [1.82, 2.24) is 4.98 Å². The van der Waals surface area contributed by atoms with Gasteiger partial charge in [0.1, 0.15) is 5.75 Å². The molecule has 0 saturated carbocycles. The van der Waals surface area contributed by atoms with E-state index < -0.39 is 0 Å². The number of hydrogen-bond donors (Lipinski definition) is 0. The number of thiazole rings is 1. The molecule has 0 N–H and O–H groups in total. The van der Waals surface area contributed by atoms with Gasteiger partial charge in [0.05, 0.1) is 23.2 Å². The summed E-state index contributed by atoms with van der Waals surface area (Å²) in [5, 5.41) is 3.08. The molecule has 2 nitrogen and oxygen atoms in total. The molecule has 0 radical (unpaired) electrons. The maximum absolute atomic E-state index is 5.79. The topological polar surface area (TPSA) is 22.1 Å². The second-order valence-electron chi connectivity index (χ2n) is 5.73. The summed E-state index contributed by atoms with van der Waals surface area (Å²) in [6.07, 6.45) is 1.95. The Bertz CT molecular complexity index is 562. The minimum Gasteiger partial charge on any atom is -0.493 e. The summed E-state index contributed by atoms with van der Waals surface area (Å²) < 4.78 is 5.79. The predicted molar refractivity (Wildman–Crippen MR) is 90.6 cm³/mol. The lowest BCUT2D eigenvalue weighted by Gasteiger charge is -2.23. The van der Waals surface area contributed by atoms with E-state index in [9.17, 15) is 0 Å². The molecule has 114 valence electrons. The van der Waals surface area contributed by atoms with Crippen LogP contribution in [0.5, 0.6) is 5.75 Å². The van der Waals surface area contributed by atoms with Crippen LogP contribution < -0.4 is 4.74 Å². The van der Waals surface area contributed by atoms with Crippen molar-refractivity contribution in [3.8, 4) is 5.75 Å². The third-order valence-electron chi connectivity index (χ3n) is 3.84. The average molecular weight is 324 g/mol. The van der Waals surface area contributed by atoms with Crippen LogP contribution in [0.1, 0.15) is 43.5 Å². The highest BCUT2D eigenvalue weighted by atomic mass is 35.5. The van der Waals surface area contributed by atoms with Crippen molar-refractivity contribution in [2.24, 2.45) is 0 Å². The molecule has 0 aliphatic rings. The van der Waals surface area contributed by atoms with Gasteiger partial charge in [0.2, 0.25) is 0 Å². The van der Waals surface area contributed by atoms with Gasteiger partial charge in [-0.05, 0) is 29.5 Å². The van der Waals surface area contributed by atoms with E-state index in [-0.39, 0.29) is 5.41 Å². The molecule has 21 heavy (non-hydrogen) atoms. The first-order valence-electron chi connectivity index (χ1n) is 7.27. The first kappa shape index (κ1) is 16.3. The number of aromatic nitrogens is 1. The molecule has 0 aliphatic heterocycles. The lowest BCUT2D eigenvalue weighted by Crippen LogP contribution is -2.15. The van der Waals surface area contributed by atoms with Crippen molar-refractivity contribution >= 4 is 22.9 Å². The van der Waals surface area contributed by atoms with Crippen molar-refractivity contribution < 1.29 is 4.74 Å². The van der Waals surface area contributed by atoms with E-state index in [1.54, 1.807) is 11.3 Å². The molecule has 0 saturated heterocycles. The normalized spacial score (nSPS) is 11.6. The lowest BCUT2D eigenvalue weighted by molar-refractivity contribution is 0.321. The van der Waals surface area contributed by atoms with Crippen LogP contribution in [-0.4, -0.2) is 11.6 Å².